The van der Waals surface area contributed by atoms with Gasteiger partial charge in [-0.2, -0.15) is 5.26 Å². The van der Waals surface area contributed by atoms with Crippen LogP contribution in [0.4, 0.5) is 11.4 Å². The summed E-state index contributed by atoms with van der Waals surface area (Å²) in [6.45, 7) is -2.14. The van der Waals surface area contributed by atoms with Crippen LogP contribution in [0.3, 0.4) is 0 Å². The molecule has 0 radical (unpaired) electrons. The normalized spacial score (nSPS) is 16.4. The molecule has 1 N–H and O–H groups in total. The number of carbonyl (C=O) groups is 1. The highest BCUT2D eigenvalue weighted by molar-refractivity contribution is 6.32. The molecule has 9 heteroatoms. The van der Waals surface area contributed by atoms with Gasteiger partial charge in [-0.25, -0.2) is 0 Å². The maximum atomic E-state index is 13.1. The van der Waals surface area contributed by atoms with Gasteiger partial charge < -0.3 is 19.7 Å². The van der Waals surface area contributed by atoms with Crippen molar-refractivity contribution in [2.24, 2.45) is 0 Å². The van der Waals surface area contributed by atoms with E-state index in [1.165, 1.54) is 25.9 Å². The first-order chi connectivity index (χ1) is 25.0. The van der Waals surface area contributed by atoms with Crippen molar-refractivity contribution in [1.29, 1.82) is 5.26 Å². The summed E-state index contributed by atoms with van der Waals surface area (Å²) >= 11 is 6.43. The van der Waals surface area contributed by atoms with Gasteiger partial charge in [-0.3, -0.25) is 14.8 Å². The predicted molar refractivity (Wildman–Crippen MR) is 162 cm³/mol. The molecule has 0 aliphatic heterocycles. The van der Waals surface area contributed by atoms with Gasteiger partial charge in [0.2, 0.25) is 0 Å². The third kappa shape index (κ3) is 7.82. The number of aromatic nitrogens is 2. The van der Waals surface area contributed by atoms with Crippen LogP contribution < -0.4 is 14.8 Å². The van der Waals surface area contributed by atoms with E-state index in [9.17, 15) is 10.1 Å². The van der Waals surface area contributed by atoms with E-state index in [0.717, 1.165) is 12.2 Å². The number of ketones is 1. The molecular formula is C32H32ClN5O3. The van der Waals surface area contributed by atoms with Crippen molar-refractivity contribution in [3.05, 3.63) is 94.2 Å². The summed E-state index contributed by atoms with van der Waals surface area (Å²) in [5.41, 5.74) is -2.75. The number of nitrogens with zero attached hydrogens (tertiary/aromatic N) is 4. The van der Waals surface area contributed by atoms with Crippen molar-refractivity contribution in [2.75, 3.05) is 32.5 Å². The van der Waals surface area contributed by atoms with E-state index >= 15 is 0 Å². The minimum atomic E-state index is -3.05. The van der Waals surface area contributed by atoms with Crippen LogP contribution in [0, 0.1) is 18.3 Å². The van der Waals surface area contributed by atoms with Crippen molar-refractivity contribution in [2.45, 2.75) is 26.8 Å². The Labute approximate surface area is 263 Å². The second kappa shape index (κ2) is 13.8. The van der Waals surface area contributed by atoms with Gasteiger partial charge in [0.15, 0.2) is 5.78 Å². The maximum Gasteiger partial charge on any atom is 0.159 e. The van der Waals surface area contributed by atoms with Crippen LogP contribution in [-0.2, 0) is 17.8 Å². The fourth-order valence-corrected chi connectivity index (χ4v) is 3.54. The molecule has 8 nitrogen and oxygen atoms in total. The Balaban J connectivity index is 1.93. The lowest BCUT2D eigenvalue weighted by Gasteiger charge is -2.16. The van der Waals surface area contributed by atoms with E-state index in [1.807, 2.05) is 0 Å². The Morgan fingerprint density at radius 1 is 1.22 bits per heavy atom. The van der Waals surface area contributed by atoms with Crippen LogP contribution in [0.5, 0.6) is 11.5 Å². The Kier molecular flexibility index (Phi) is 5.61. The molecule has 0 atom stereocenters. The number of ether oxygens (including phenoxy) is 2. The molecule has 210 valence electrons. The molecule has 4 rings (SSSR count). The van der Waals surface area contributed by atoms with Gasteiger partial charge >= 0.3 is 0 Å². The fraction of sp³-hybridized carbons (Fsp3) is 0.250. The Morgan fingerprint density at radius 2 is 2.05 bits per heavy atom. The number of halogens is 1. The Bertz CT molecular complexity index is 2250. The molecule has 0 fully saturated rings. The average molecular weight is 583 g/mol. The summed E-state index contributed by atoms with van der Waals surface area (Å²) in [5, 5.41) is 11.7. The Hall–Kier alpha value is -4.45. The number of aryl methyl sites for hydroxylation is 1. The molecule has 0 saturated carbocycles. The highest BCUT2D eigenvalue weighted by Crippen LogP contribution is 2.36. The number of anilines is 2. The molecule has 0 saturated heterocycles. The minimum absolute atomic E-state index is 0.00767. The maximum absolute atomic E-state index is 13.1. The summed E-state index contributed by atoms with van der Waals surface area (Å²) in [6.07, 6.45) is 0.761. The van der Waals surface area contributed by atoms with Crippen molar-refractivity contribution in [3.8, 4) is 17.6 Å². The minimum Gasteiger partial charge on any atom is -0.494 e. The number of hydrogen-bond acceptors (Lipinski definition) is 8. The van der Waals surface area contributed by atoms with Crippen LogP contribution in [0.1, 0.15) is 47.3 Å². The molecule has 0 spiro atoms. The smallest absolute Gasteiger partial charge is 0.159 e. The SMILES string of the molecule is [2H]c1nc2c([2H])c(OCC)c(CC(=O)/C=C/C([2H])([2H])N(C)C)c([2H])c2c(Nc2c([2H])c([2H])c(OC([2H])([2H])c3nc(C)c([2H])c([2H])c3[2H])c(Cl)c2[2H])c1C#N. The number of likely N-dealkylation sites (N-methyl/N-ethyl adjacent to an activating group) is 1. The zero-order valence-electron chi connectivity index (χ0n) is 35.5. The van der Waals surface area contributed by atoms with Crippen molar-refractivity contribution in [1.82, 2.24) is 14.9 Å². The van der Waals surface area contributed by atoms with E-state index in [-0.39, 0.29) is 34.5 Å². The van der Waals surface area contributed by atoms with E-state index in [4.69, 9.17) is 38.9 Å². The van der Waals surface area contributed by atoms with E-state index < -0.39 is 113 Å². The van der Waals surface area contributed by atoms with E-state index in [2.05, 4.69) is 15.3 Å². The second-order valence-corrected chi connectivity index (χ2v) is 8.82. The number of fused-ring (bicyclic) bond motifs is 1. The number of rotatable bonds is 12. The Morgan fingerprint density at radius 3 is 2.80 bits per heavy atom. The molecule has 0 bridgehead atoms. The van der Waals surface area contributed by atoms with E-state index in [1.54, 1.807) is 13.0 Å². The lowest BCUT2D eigenvalue weighted by atomic mass is 10.0. The summed E-state index contributed by atoms with van der Waals surface area (Å²) in [7, 11) is 2.93. The summed E-state index contributed by atoms with van der Waals surface area (Å²) < 4.78 is 121. The van der Waals surface area contributed by atoms with Crippen molar-refractivity contribution < 1.29 is 32.1 Å². The molecule has 0 aliphatic carbocycles. The molecule has 2 aromatic carbocycles. The van der Waals surface area contributed by atoms with Crippen LogP contribution >= 0.6 is 11.6 Å². The predicted octanol–water partition coefficient (Wildman–Crippen LogP) is 6.41. The highest BCUT2D eigenvalue weighted by Gasteiger charge is 2.16. The number of benzene rings is 2. The van der Waals surface area contributed by atoms with Crippen molar-refractivity contribution >= 4 is 39.7 Å². The van der Waals surface area contributed by atoms with Gasteiger partial charge in [0, 0.05) is 50.2 Å². The second-order valence-electron chi connectivity index (χ2n) is 8.44. The number of carbonyl (C=O) groups excluding carboxylic acids is 1. The molecule has 0 aliphatic rings. The first-order valence-corrected chi connectivity index (χ1v) is 12.5. The van der Waals surface area contributed by atoms with Gasteiger partial charge in [-0.05, 0) is 70.3 Å². The van der Waals surface area contributed by atoms with Gasteiger partial charge in [-0.15, -0.1) is 0 Å². The summed E-state index contributed by atoms with van der Waals surface area (Å²) in [6, 6.07) is -3.46. The number of nitrogens with one attached hydrogen (secondary N) is 1. The fourth-order valence-electron chi connectivity index (χ4n) is 3.36. The molecule has 4 aromatic rings. The molecule has 0 unspecified atom stereocenters. The quantitative estimate of drug-likeness (QED) is 0.191. The number of hydrogen-bond donors (Lipinski definition) is 1. The number of nitriles is 1. The topological polar surface area (TPSA) is 100 Å². The van der Waals surface area contributed by atoms with Crippen LogP contribution in [0.15, 0.2) is 66.7 Å². The lowest BCUT2D eigenvalue weighted by Crippen LogP contribution is -2.11. The molecule has 0 amide bonds. The largest absolute Gasteiger partial charge is 0.494 e. The summed E-state index contributed by atoms with van der Waals surface area (Å²) in [4.78, 5) is 22.2. The molecule has 2 aromatic heterocycles. The average Bonchev–Trinajstić information content (AvgIpc) is 3.10. The van der Waals surface area contributed by atoms with Gasteiger partial charge in [0.05, 0.1) is 49.2 Å². The third-order valence-corrected chi connectivity index (χ3v) is 5.36. The first-order valence-electron chi connectivity index (χ1n) is 18.6. The highest BCUT2D eigenvalue weighted by atomic mass is 35.5. The first kappa shape index (κ1) is 16.7. The van der Waals surface area contributed by atoms with Gasteiger partial charge in [0.1, 0.15) is 24.1 Å². The van der Waals surface area contributed by atoms with E-state index in [0.29, 0.717) is 0 Å². The number of allylic oxidation sites excluding steroid dienone is 1. The third-order valence-electron chi connectivity index (χ3n) is 5.09. The van der Waals surface area contributed by atoms with Crippen molar-refractivity contribution in [3.63, 3.8) is 0 Å². The van der Waals surface area contributed by atoms with Crippen LogP contribution in [-0.4, -0.2) is 47.9 Å². The molecule has 41 heavy (non-hydrogen) atoms. The van der Waals surface area contributed by atoms with Gasteiger partial charge in [0.25, 0.3) is 0 Å². The zero-order valence-corrected chi connectivity index (χ0v) is 23.2. The van der Waals surface area contributed by atoms with Gasteiger partial charge in [-0.1, -0.05) is 23.7 Å². The number of pyridine rings is 2. The monoisotopic (exact) mass is 582 g/mol. The van der Waals surface area contributed by atoms with Crippen LogP contribution in [0.25, 0.3) is 10.9 Å². The molecular weight excluding hydrogens is 538 g/mol. The molecule has 2 heterocycles. The standard InChI is InChI=1S/C32H32ClN5O3/c1-5-40-31-17-29-27(15-22(31)14-26(39)10-7-13-38(3)4)32(23(18-34)19-35-29)37-24-11-12-30(28(33)16-24)41-20-25-9-6-8-21(2)36-25/h6-12,15-17,19H,5,13-14,20H2,1-4H3,(H,35,37)/b10-7+/i6D,8D,9D,11D,12D,13D2,15D,16D,17D,19D,20D2. The summed E-state index contributed by atoms with van der Waals surface area (Å²) in [5.74, 6) is -1.71. The van der Waals surface area contributed by atoms with Crippen LogP contribution in [0.2, 0.25) is 5.02 Å². The lowest BCUT2D eigenvalue weighted by molar-refractivity contribution is -0.114. The zero-order chi connectivity index (χ0) is 40.8.